The predicted octanol–water partition coefficient (Wildman–Crippen LogP) is 3.95. The lowest BCUT2D eigenvalue weighted by Gasteiger charge is -2.27. The van der Waals surface area contributed by atoms with Gasteiger partial charge in [-0.05, 0) is 36.5 Å². The standard InChI is InChI=1S/C23H34N4O.HI/c1-5-19-11-13-20(14-12-19)23(2,3)18-26-22(24-4)25-15-7-9-17-27-16-8-6-10-21(27)28;/h6,8,10-14,16H,5,7,9,15,17-18H2,1-4H3,(H2,24,25,26);1H. The molecule has 2 N–H and O–H groups in total. The van der Waals surface area contributed by atoms with E-state index < -0.39 is 0 Å². The zero-order valence-electron chi connectivity index (χ0n) is 18.1. The van der Waals surface area contributed by atoms with Crippen LogP contribution < -0.4 is 16.2 Å². The molecule has 1 heterocycles. The third kappa shape index (κ3) is 8.20. The van der Waals surface area contributed by atoms with Crippen LogP contribution in [0.15, 0.2) is 58.4 Å². The van der Waals surface area contributed by atoms with Crippen molar-refractivity contribution < 1.29 is 0 Å². The fraction of sp³-hybridized carbons (Fsp3) is 0.478. The van der Waals surface area contributed by atoms with E-state index in [2.05, 4.69) is 60.7 Å². The zero-order valence-corrected chi connectivity index (χ0v) is 20.4. The number of unbranched alkanes of at least 4 members (excludes halogenated alkanes) is 1. The van der Waals surface area contributed by atoms with E-state index in [-0.39, 0.29) is 35.0 Å². The minimum Gasteiger partial charge on any atom is -0.356 e. The van der Waals surface area contributed by atoms with E-state index in [9.17, 15) is 4.79 Å². The molecule has 1 aromatic carbocycles. The first-order valence-electron chi connectivity index (χ1n) is 10.2. The van der Waals surface area contributed by atoms with Gasteiger partial charge in [-0.3, -0.25) is 9.79 Å². The number of aryl methyl sites for hydroxylation is 2. The van der Waals surface area contributed by atoms with Gasteiger partial charge in [-0.1, -0.05) is 51.1 Å². The van der Waals surface area contributed by atoms with Crippen LogP contribution >= 0.6 is 24.0 Å². The molecule has 160 valence electrons. The minimum atomic E-state index is 0. The van der Waals surface area contributed by atoms with Crippen molar-refractivity contribution in [3.63, 3.8) is 0 Å². The van der Waals surface area contributed by atoms with Gasteiger partial charge < -0.3 is 15.2 Å². The average Bonchev–Trinajstić information content (AvgIpc) is 2.71. The molecule has 0 radical (unpaired) electrons. The van der Waals surface area contributed by atoms with Crippen molar-refractivity contribution in [2.45, 2.75) is 52.0 Å². The smallest absolute Gasteiger partial charge is 0.250 e. The summed E-state index contributed by atoms with van der Waals surface area (Å²) in [7, 11) is 1.79. The van der Waals surface area contributed by atoms with Gasteiger partial charge in [0, 0.05) is 44.4 Å². The Morgan fingerprint density at radius 3 is 2.41 bits per heavy atom. The molecular formula is C23H35IN4O. The number of hydrogen-bond acceptors (Lipinski definition) is 2. The monoisotopic (exact) mass is 510 g/mol. The molecule has 0 aliphatic rings. The maximum atomic E-state index is 11.7. The van der Waals surface area contributed by atoms with Crippen molar-refractivity contribution >= 4 is 29.9 Å². The Balaban J connectivity index is 0.00000420. The lowest BCUT2D eigenvalue weighted by atomic mass is 9.84. The van der Waals surface area contributed by atoms with Crippen molar-refractivity contribution in [1.29, 1.82) is 0 Å². The van der Waals surface area contributed by atoms with Crippen LogP contribution in [0.1, 0.15) is 44.7 Å². The summed E-state index contributed by atoms with van der Waals surface area (Å²) in [6, 6.07) is 14.1. The average molecular weight is 510 g/mol. The first-order chi connectivity index (χ1) is 13.5. The summed E-state index contributed by atoms with van der Waals surface area (Å²) in [4.78, 5) is 16.0. The largest absolute Gasteiger partial charge is 0.356 e. The number of aliphatic imine (C=N–C) groups is 1. The van der Waals surface area contributed by atoms with Crippen LogP contribution in [0.5, 0.6) is 0 Å². The van der Waals surface area contributed by atoms with Gasteiger partial charge in [0.05, 0.1) is 0 Å². The number of guanidine groups is 1. The SMILES string of the molecule is CCc1ccc(C(C)(C)CNC(=NC)NCCCCn2ccccc2=O)cc1.I. The molecule has 0 fully saturated rings. The van der Waals surface area contributed by atoms with Crippen molar-refractivity contribution in [2.24, 2.45) is 4.99 Å². The molecule has 0 aliphatic heterocycles. The van der Waals surface area contributed by atoms with Crippen LogP contribution in [0.2, 0.25) is 0 Å². The second-order valence-electron chi connectivity index (χ2n) is 7.73. The second-order valence-corrected chi connectivity index (χ2v) is 7.73. The summed E-state index contributed by atoms with van der Waals surface area (Å²) in [5.74, 6) is 0.815. The van der Waals surface area contributed by atoms with Crippen LogP contribution in [-0.2, 0) is 18.4 Å². The van der Waals surface area contributed by atoms with Gasteiger partial charge in [-0.15, -0.1) is 24.0 Å². The number of nitrogens with one attached hydrogen (secondary N) is 2. The molecule has 0 bridgehead atoms. The van der Waals surface area contributed by atoms with Crippen LogP contribution in [0.25, 0.3) is 0 Å². The quantitative estimate of drug-likeness (QED) is 0.233. The topological polar surface area (TPSA) is 58.4 Å². The third-order valence-corrected chi connectivity index (χ3v) is 5.08. The van der Waals surface area contributed by atoms with Crippen molar-refractivity contribution in [3.8, 4) is 0 Å². The summed E-state index contributed by atoms with van der Waals surface area (Å²) in [6.07, 6.45) is 4.83. The van der Waals surface area contributed by atoms with E-state index in [0.29, 0.717) is 0 Å². The normalized spacial score (nSPS) is 11.7. The van der Waals surface area contributed by atoms with Crippen LogP contribution in [0, 0.1) is 0 Å². The van der Waals surface area contributed by atoms with Gasteiger partial charge >= 0.3 is 0 Å². The van der Waals surface area contributed by atoms with E-state index in [1.165, 1.54) is 11.1 Å². The molecule has 0 spiro atoms. The number of aromatic nitrogens is 1. The Labute approximate surface area is 192 Å². The highest BCUT2D eigenvalue weighted by molar-refractivity contribution is 14.0. The predicted molar refractivity (Wildman–Crippen MR) is 134 cm³/mol. The summed E-state index contributed by atoms with van der Waals surface area (Å²) in [6.45, 7) is 9.03. The number of pyridine rings is 1. The maximum Gasteiger partial charge on any atom is 0.250 e. The van der Waals surface area contributed by atoms with Gasteiger partial charge in [-0.2, -0.15) is 0 Å². The van der Waals surface area contributed by atoms with Gasteiger partial charge in [0.15, 0.2) is 5.96 Å². The highest BCUT2D eigenvalue weighted by Gasteiger charge is 2.20. The molecule has 2 aromatic rings. The molecule has 0 saturated heterocycles. The van der Waals surface area contributed by atoms with Gasteiger partial charge in [0.2, 0.25) is 5.56 Å². The van der Waals surface area contributed by atoms with E-state index in [0.717, 1.165) is 44.9 Å². The van der Waals surface area contributed by atoms with Crippen LogP contribution in [0.3, 0.4) is 0 Å². The maximum absolute atomic E-state index is 11.7. The van der Waals surface area contributed by atoms with Gasteiger partial charge in [-0.25, -0.2) is 0 Å². The summed E-state index contributed by atoms with van der Waals surface area (Å²) in [5, 5.41) is 6.80. The molecule has 0 amide bonds. The van der Waals surface area contributed by atoms with Gasteiger partial charge in [0.1, 0.15) is 0 Å². The second kappa shape index (κ2) is 12.7. The summed E-state index contributed by atoms with van der Waals surface area (Å²) in [5.41, 5.74) is 2.75. The highest BCUT2D eigenvalue weighted by atomic mass is 127. The molecular weight excluding hydrogens is 475 g/mol. The van der Waals surface area contributed by atoms with Crippen molar-refractivity contribution in [3.05, 3.63) is 70.1 Å². The first-order valence-corrected chi connectivity index (χ1v) is 10.2. The fourth-order valence-electron chi connectivity index (χ4n) is 3.08. The Morgan fingerprint density at radius 1 is 1.07 bits per heavy atom. The third-order valence-electron chi connectivity index (χ3n) is 5.08. The van der Waals surface area contributed by atoms with Crippen molar-refractivity contribution in [2.75, 3.05) is 20.1 Å². The number of benzene rings is 1. The molecule has 2 rings (SSSR count). The number of hydrogen-bond donors (Lipinski definition) is 2. The number of nitrogens with zero attached hydrogens (tertiary/aromatic N) is 2. The van der Waals surface area contributed by atoms with Gasteiger partial charge in [0.25, 0.3) is 0 Å². The molecule has 0 aliphatic carbocycles. The Bertz CT molecular complexity index is 812. The lowest BCUT2D eigenvalue weighted by Crippen LogP contribution is -2.43. The van der Waals surface area contributed by atoms with Crippen LogP contribution in [-0.4, -0.2) is 30.7 Å². The van der Waals surface area contributed by atoms with E-state index in [4.69, 9.17) is 0 Å². The minimum absolute atomic E-state index is 0. The molecule has 1 aromatic heterocycles. The molecule has 6 heteroatoms. The summed E-state index contributed by atoms with van der Waals surface area (Å²) >= 11 is 0. The lowest BCUT2D eigenvalue weighted by molar-refractivity contribution is 0.507. The van der Waals surface area contributed by atoms with Crippen LogP contribution in [0.4, 0.5) is 0 Å². The Morgan fingerprint density at radius 2 is 1.79 bits per heavy atom. The Kier molecular flexibility index (Phi) is 11.0. The number of rotatable bonds is 9. The highest BCUT2D eigenvalue weighted by Crippen LogP contribution is 2.22. The molecule has 29 heavy (non-hydrogen) atoms. The van der Waals surface area contributed by atoms with E-state index >= 15 is 0 Å². The summed E-state index contributed by atoms with van der Waals surface area (Å²) < 4.78 is 1.75. The van der Waals surface area contributed by atoms with Crippen molar-refractivity contribution in [1.82, 2.24) is 15.2 Å². The number of halogens is 1. The zero-order chi connectivity index (χ0) is 20.4. The van der Waals surface area contributed by atoms with E-state index in [1.807, 2.05) is 12.3 Å². The molecule has 0 atom stereocenters. The molecule has 0 unspecified atom stereocenters. The fourth-order valence-corrected chi connectivity index (χ4v) is 3.08. The molecule has 5 nitrogen and oxygen atoms in total. The Hall–Kier alpha value is -1.83. The first kappa shape index (κ1) is 25.2. The van der Waals surface area contributed by atoms with E-state index in [1.54, 1.807) is 23.7 Å². The molecule has 0 saturated carbocycles.